The fourth-order valence-electron chi connectivity index (χ4n) is 2.91. The molecule has 0 amide bonds. The minimum absolute atomic E-state index is 0.203. The first-order valence-electron chi connectivity index (χ1n) is 7.97. The summed E-state index contributed by atoms with van der Waals surface area (Å²) in [6.07, 6.45) is 6.28. The van der Waals surface area contributed by atoms with Crippen LogP contribution in [0.1, 0.15) is 44.6 Å². The van der Waals surface area contributed by atoms with Crippen molar-refractivity contribution in [3.05, 3.63) is 35.4 Å². The molecule has 1 aliphatic rings. The highest BCUT2D eigenvalue weighted by molar-refractivity contribution is 5.19. The van der Waals surface area contributed by atoms with E-state index in [1.54, 1.807) is 0 Å². The van der Waals surface area contributed by atoms with E-state index in [0.29, 0.717) is 12.0 Å². The van der Waals surface area contributed by atoms with Crippen molar-refractivity contribution < 1.29 is 13.5 Å². The third-order valence-electron chi connectivity index (χ3n) is 3.91. The highest BCUT2D eigenvalue weighted by Crippen LogP contribution is 2.19. The van der Waals surface area contributed by atoms with Gasteiger partial charge in [-0.3, -0.25) is 0 Å². The van der Waals surface area contributed by atoms with E-state index >= 15 is 0 Å². The van der Waals surface area contributed by atoms with Crippen LogP contribution >= 0.6 is 0 Å². The predicted molar refractivity (Wildman–Crippen MR) is 80.4 cm³/mol. The van der Waals surface area contributed by atoms with Crippen LogP contribution in [0.3, 0.4) is 0 Å². The van der Waals surface area contributed by atoms with E-state index < -0.39 is 11.6 Å². The average Bonchev–Trinajstić information content (AvgIpc) is 2.45. The molecule has 0 spiro atoms. The zero-order valence-electron chi connectivity index (χ0n) is 12.7. The molecule has 1 heterocycles. The highest BCUT2D eigenvalue weighted by Gasteiger charge is 2.20. The van der Waals surface area contributed by atoms with Gasteiger partial charge in [-0.2, -0.15) is 0 Å². The second-order valence-electron chi connectivity index (χ2n) is 5.86. The molecule has 2 nitrogen and oxygen atoms in total. The van der Waals surface area contributed by atoms with Gasteiger partial charge in [0.25, 0.3) is 0 Å². The standard InChI is InChI=1S/C17H25F2NO/c1-2-6-20-16(12-17-5-3-4-7-21-17)10-13-8-14(18)11-15(19)9-13/h8-9,11,16-17,20H,2-7,10,12H2,1H3. The quantitative estimate of drug-likeness (QED) is 0.826. The van der Waals surface area contributed by atoms with Crippen LogP contribution in [-0.4, -0.2) is 25.3 Å². The minimum atomic E-state index is -0.506. The summed E-state index contributed by atoms with van der Waals surface area (Å²) in [7, 11) is 0. The van der Waals surface area contributed by atoms with Crippen molar-refractivity contribution in [2.75, 3.05) is 13.2 Å². The van der Waals surface area contributed by atoms with Crippen molar-refractivity contribution in [2.24, 2.45) is 0 Å². The van der Waals surface area contributed by atoms with E-state index in [4.69, 9.17) is 4.74 Å². The molecule has 2 unspecified atom stereocenters. The molecular formula is C17H25F2NO. The van der Waals surface area contributed by atoms with Crippen LogP contribution in [0.15, 0.2) is 18.2 Å². The Morgan fingerprint density at radius 3 is 2.62 bits per heavy atom. The molecule has 1 fully saturated rings. The predicted octanol–water partition coefficient (Wildman–Crippen LogP) is 3.83. The van der Waals surface area contributed by atoms with Crippen LogP contribution in [0.4, 0.5) is 8.78 Å². The monoisotopic (exact) mass is 297 g/mol. The fourth-order valence-corrected chi connectivity index (χ4v) is 2.91. The van der Waals surface area contributed by atoms with Gasteiger partial charge in [-0.1, -0.05) is 6.92 Å². The molecule has 0 aromatic heterocycles. The van der Waals surface area contributed by atoms with Crippen LogP contribution in [0.2, 0.25) is 0 Å². The maximum Gasteiger partial charge on any atom is 0.126 e. The summed E-state index contributed by atoms with van der Waals surface area (Å²) in [6, 6.07) is 3.97. The zero-order chi connectivity index (χ0) is 15.1. The van der Waals surface area contributed by atoms with Crippen LogP contribution < -0.4 is 5.32 Å². The van der Waals surface area contributed by atoms with E-state index in [0.717, 1.165) is 44.9 Å². The Kier molecular flexibility index (Phi) is 6.58. The second-order valence-corrected chi connectivity index (χ2v) is 5.86. The molecule has 1 aliphatic heterocycles. The molecule has 2 atom stereocenters. The van der Waals surface area contributed by atoms with Gasteiger partial charge in [0.15, 0.2) is 0 Å². The van der Waals surface area contributed by atoms with E-state index in [1.165, 1.54) is 18.6 Å². The van der Waals surface area contributed by atoms with Gasteiger partial charge < -0.3 is 10.1 Å². The number of ether oxygens (including phenoxy) is 1. The van der Waals surface area contributed by atoms with Gasteiger partial charge in [0.2, 0.25) is 0 Å². The molecule has 2 rings (SSSR count). The molecule has 4 heteroatoms. The summed E-state index contributed by atoms with van der Waals surface area (Å²) in [4.78, 5) is 0. The summed E-state index contributed by atoms with van der Waals surface area (Å²) in [5, 5.41) is 3.48. The maximum atomic E-state index is 13.3. The van der Waals surface area contributed by atoms with E-state index in [2.05, 4.69) is 12.2 Å². The molecule has 21 heavy (non-hydrogen) atoms. The number of rotatable bonds is 7. The van der Waals surface area contributed by atoms with Crippen molar-refractivity contribution in [2.45, 2.75) is 57.6 Å². The summed E-state index contributed by atoms with van der Waals surface area (Å²) < 4.78 is 32.4. The molecule has 0 aliphatic carbocycles. The van der Waals surface area contributed by atoms with Crippen molar-refractivity contribution in [3.63, 3.8) is 0 Å². The topological polar surface area (TPSA) is 21.3 Å². The molecule has 1 aromatic carbocycles. The lowest BCUT2D eigenvalue weighted by Gasteiger charge is -2.27. The van der Waals surface area contributed by atoms with Crippen molar-refractivity contribution in [1.82, 2.24) is 5.32 Å². The molecule has 0 saturated carbocycles. The number of nitrogens with one attached hydrogen (secondary N) is 1. The average molecular weight is 297 g/mol. The number of hydrogen-bond donors (Lipinski definition) is 1. The van der Waals surface area contributed by atoms with Crippen LogP contribution in [-0.2, 0) is 11.2 Å². The lowest BCUT2D eigenvalue weighted by atomic mass is 9.96. The molecule has 118 valence electrons. The van der Waals surface area contributed by atoms with Gasteiger partial charge in [0.1, 0.15) is 11.6 Å². The molecular weight excluding hydrogens is 272 g/mol. The van der Waals surface area contributed by atoms with E-state index in [9.17, 15) is 8.78 Å². The summed E-state index contributed by atoms with van der Waals surface area (Å²) in [5.41, 5.74) is 0.705. The molecule has 0 radical (unpaired) electrons. The highest BCUT2D eigenvalue weighted by atomic mass is 19.1. The maximum absolute atomic E-state index is 13.3. The van der Waals surface area contributed by atoms with Crippen LogP contribution in [0.5, 0.6) is 0 Å². The van der Waals surface area contributed by atoms with E-state index in [1.807, 2.05) is 0 Å². The molecule has 1 aromatic rings. The Morgan fingerprint density at radius 2 is 2.00 bits per heavy atom. The molecule has 1 N–H and O–H groups in total. The lowest BCUT2D eigenvalue weighted by molar-refractivity contribution is 0.00526. The zero-order valence-corrected chi connectivity index (χ0v) is 12.7. The van der Waals surface area contributed by atoms with Gasteiger partial charge in [0.05, 0.1) is 6.10 Å². The number of halogens is 2. The van der Waals surface area contributed by atoms with Gasteiger partial charge in [-0.05, 0) is 62.8 Å². The summed E-state index contributed by atoms with van der Waals surface area (Å²) >= 11 is 0. The first-order valence-corrected chi connectivity index (χ1v) is 7.97. The second kappa shape index (κ2) is 8.44. The van der Waals surface area contributed by atoms with E-state index in [-0.39, 0.29) is 12.1 Å². The van der Waals surface area contributed by atoms with Gasteiger partial charge in [-0.15, -0.1) is 0 Å². The minimum Gasteiger partial charge on any atom is -0.378 e. The van der Waals surface area contributed by atoms with Crippen LogP contribution in [0.25, 0.3) is 0 Å². The fraction of sp³-hybridized carbons (Fsp3) is 0.647. The smallest absolute Gasteiger partial charge is 0.126 e. The number of hydrogen-bond acceptors (Lipinski definition) is 2. The Bertz CT molecular complexity index is 413. The Hall–Kier alpha value is -1.00. The molecule has 0 bridgehead atoms. The SMILES string of the molecule is CCCNC(Cc1cc(F)cc(F)c1)CC1CCCCO1. The Morgan fingerprint density at radius 1 is 1.24 bits per heavy atom. The van der Waals surface area contributed by atoms with Crippen LogP contribution in [0, 0.1) is 11.6 Å². The van der Waals surface area contributed by atoms with Crippen molar-refractivity contribution >= 4 is 0 Å². The molecule has 1 saturated heterocycles. The normalized spacial score (nSPS) is 20.4. The third kappa shape index (κ3) is 5.71. The third-order valence-corrected chi connectivity index (χ3v) is 3.91. The summed E-state index contributed by atoms with van der Waals surface area (Å²) in [6.45, 7) is 3.86. The van der Waals surface area contributed by atoms with Crippen molar-refractivity contribution in [1.29, 1.82) is 0 Å². The Balaban J connectivity index is 1.97. The first-order chi connectivity index (χ1) is 10.2. The Labute approximate surface area is 125 Å². The largest absolute Gasteiger partial charge is 0.378 e. The van der Waals surface area contributed by atoms with Crippen molar-refractivity contribution in [3.8, 4) is 0 Å². The van der Waals surface area contributed by atoms with Gasteiger partial charge in [-0.25, -0.2) is 8.78 Å². The van der Waals surface area contributed by atoms with Gasteiger partial charge in [0, 0.05) is 18.7 Å². The lowest BCUT2D eigenvalue weighted by Crippen LogP contribution is -2.36. The summed E-state index contributed by atoms with van der Waals surface area (Å²) in [5.74, 6) is -1.01. The number of benzene rings is 1. The van der Waals surface area contributed by atoms with Gasteiger partial charge >= 0.3 is 0 Å². The first kappa shape index (κ1) is 16.4.